The molecule has 1 amide bonds. The molecule has 0 aliphatic heterocycles. The maximum atomic E-state index is 12.2. The lowest BCUT2D eigenvalue weighted by Gasteiger charge is -2.11. The Bertz CT molecular complexity index is 639. The van der Waals surface area contributed by atoms with E-state index in [1.807, 2.05) is 19.9 Å². The Morgan fingerprint density at radius 1 is 1.19 bits per heavy atom. The van der Waals surface area contributed by atoms with Gasteiger partial charge in [0, 0.05) is 10.0 Å². The summed E-state index contributed by atoms with van der Waals surface area (Å²) in [7, 11) is 0. The molecule has 5 heteroatoms. The van der Waals surface area contributed by atoms with Gasteiger partial charge >= 0.3 is 0 Å². The Balaban J connectivity index is 2.09. The van der Waals surface area contributed by atoms with Crippen molar-refractivity contribution in [2.75, 3.05) is 11.1 Å². The highest BCUT2D eigenvalue weighted by molar-refractivity contribution is 9.10. The van der Waals surface area contributed by atoms with Crippen LogP contribution in [0.3, 0.4) is 0 Å². The molecule has 0 saturated heterocycles. The SMILES string of the molecule is CC(C)Oc1ccc(C(=O)Nc2ccc(Br)cc2N)cc1. The number of amides is 1. The van der Waals surface area contributed by atoms with E-state index in [-0.39, 0.29) is 12.0 Å². The lowest BCUT2D eigenvalue weighted by atomic mass is 10.2. The average molecular weight is 349 g/mol. The van der Waals surface area contributed by atoms with Crippen LogP contribution in [0.2, 0.25) is 0 Å². The van der Waals surface area contributed by atoms with Crippen LogP contribution in [-0.2, 0) is 0 Å². The van der Waals surface area contributed by atoms with Crippen LogP contribution in [0.25, 0.3) is 0 Å². The second kappa shape index (κ2) is 6.63. The van der Waals surface area contributed by atoms with Crippen molar-refractivity contribution in [2.24, 2.45) is 0 Å². The predicted molar refractivity (Wildman–Crippen MR) is 88.7 cm³/mol. The number of hydrogen-bond donors (Lipinski definition) is 2. The maximum Gasteiger partial charge on any atom is 0.255 e. The van der Waals surface area contributed by atoms with Crippen LogP contribution < -0.4 is 15.8 Å². The van der Waals surface area contributed by atoms with Crippen molar-refractivity contribution in [1.29, 1.82) is 0 Å². The third-order valence-corrected chi connectivity index (χ3v) is 3.24. The fourth-order valence-electron chi connectivity index (χ4n) is 1.80. The summed E-state index contributed by atoms with van der Waals surface area (Å²) < 4.78 is 6.41. The number of benzene rings is 2. The number of rotatable bonds is 4. The minimum absolute atomic E-state index is 0.104. The van der Waals surface area contributed by atoms with Gasteiger partial charge in [-0.3, -0.25) is 4.79 Å². The molecular formula is C16H17BrN2O2. The minimum atomic E-state index is -0.208. The topological polar surface area (TPSA) is 64.3 Å². The molecule has 110 valence electrons. The van der Waals surface area contributed by atoms with E-state index >= 15 is 0 Å². The van der Waals surface area contributed by atoms with Crippen molar-refractivity contribution in [2.45, 2.75) is 20.0 Å². The summed E-state index contributed by atoms with van der Waals surface area (Å²) >= 11 is 3.33. The second-order valence-electron chi connectivity index (χ2n) is 4.88. The van der Waals surface area contributed by atoms with Crippen LogP contribution in [0, 0.1) is 0 Å². The van der Waals surface area contributed by atoms with E-state index in [1.165, 1.54) is 0 Å². The molecule has 0 atom stereocenters. The highest BCUT2D eigenvalue weighted by atomic mass is 79.9. The number of ether oxygens (including phenoxy) is 1. The second-order valence-corrected chi connectivity index (χ2v) is 5.79. The number of anilines is 2. The number of nitrogens with two attached hydrogens (primary N) is 1. The third-order valence-electron chi connectivity index (χ3n) is 2.75. The molecular weight excluding hydrogens is 332 g/mol. The quantitative estimate of drug-likeness (QED) is 0.818. The van der Waals surface area contributed by atoms with Gasteiger partial charge in [0.1, 0.15) is 5.75 Å². The molecule has 0 aliphatic rings. The summed E-state index contributed by atoms with van der Waals surface area (Å²) in [4.78, 5) is 12.2. The van der Waals surface area contributed by atoms with Crippen LogP contribution in [0.4, 0.5) is 11.4 Å². The molecule has 0 aliphatic carbocycles. The minimum Gasteiger partial charge on any atom is -0.491 e. The van der Waals surface area contributed by atoms with Crippen molar-refractivity contribution in [3.8, 4) is 5.75 Å². The average Bonchev–Trinajstić information content (AvgIpc) is 2.42. The fraction of sp³-hybridized carbons (Fsp3) is 0.188. The van der Waals surface area contributed by atoms with E-state index in [0.717, 1.165) is 10.2 Å². The zero-order valence-corrected chi connectivity index (χ0v) is 13.5. The lowest BCUT2D eigenvalue weighted by Crippen LogP contribution is -2.13. The van der Waals surface area contributed by atoms with Crippen molar-refractivity contribution < 1.29 is 9.53 Å². The van der Waals surface area contributed by atoms with E-state index in [2.05, 4.69) is 21.2 Å². The predicted octanol–water partition coefficient (Wildman–Crippen LogP) is 4.07. The van der Waals surface area contributed by atoms with Crippen molar-refractivity contribution >= 4 is 33.2 Å². The standard InChI is InChI=1S/C16H17BrN2O2/c1-10(2)21-13-6-3-11(4-7-13)16(20)19-15-8-5-12(17)9-14(15)18/h3-10H,18H2,1-2H3,(H,19,20). The molecule has 2 aromatic carbocycles. The summed E-state index contributed by atoms with van der Waals surface area (Å²) in [5, 5.41) is 2.79. The van der Waals surface area contributed by atoms with Crippen LogP contribution >= 0.6 is 15.9 Å². The molecule has 0 saturated carbocycles. The van der Waals surface area contributed by atoms with Gasteiger partial charge in [-0.05, 0) is 56.3 Å². The largest absolute Gasteiger partial charge is 0.491 e. The Labute approximate surface area is 132 Å². The lowest BCUT2D eigenvalue weighted by molar-refractivity contribution is 0.102. The Hall–Kier alpha value is -2.01. The molecule has 0 spiro atoms. The van der Waals surface area contributed by atoms with Crippen molar-refractivity contribution in [3.05, 3.63) is 52.5 Å². The molecule has 0 fully saturated rings. The summed E-state index contributed by atoms with van der Waals surface area (Å²) in [5.41, 5.74) is 7.51. The first kappa shape index (κ1) is 15.4. The molecule has 21 heavy (non-hydrogen) atoms. The first-order valence-electron chi connectivity index (χ1n) is 6.59. The van der Waals surface area contributed by atoms with Crippen LogP contribution in [0.5, 0.6) is 5.75 Å². The fourth-order valence-corrected chi connectivity index (χ4v) is 2.18. The number of nitrogen functional groups attached to an aromatic ring is 1. The zero-order chi connectivity index (χ0) is 15.4. The van der Waals surface area contributed by atoms with E-state index in [4.69, 9.17) is 10.5 Å². The molecule has 4 nitrogen and oxygen atoms in total. The van der Waals surface area contributed by atoms with Gasteiger partial charge in [0.2, 0.25) is 0 Å². The Morgan fingerprint density at radius 3 is 2.43 bits per heavy atom. The summed E-state index contributed by atoms with van der Waals surface area (Å²) in [5.74, 6) is 0.532. The van der Waals surface area contributed by atoms with Gasteiger partial charge in [0.05, 0.1) is 17.5 Å². The number of hydrogen-bond acceptors (Lipinski definition) is 3. The summed E-state index contributed by atoms with van der Waals surface area (Å²) in [6.45, 7) is 3.91. The smallest absolute Gasteiger partial charge is 0.255 e. The normalized spacial score (nSPS) is 10.5. The van der Waals surface area contributed by atoms with Crippen molar-refractivity contribution in [3.63, 3.8) is 0 Å². The van der Waals surface area contributed by atoms with Crippen LogP contribution in [0.1, 0.15) is 24.2 Å². The Morgan fingerprint density at radius 2 is 1.86 bits per heavy atom. The number of carbonyl (C=O) groups excluding carboxylic acids is 1. The molecule has 2 aromatic rings. The molecule has 0 radical (unpaired) electrons. The zero-order valence-electron chi connectivity index (χ0n) is 11.9. The van der Waals surface area contributed by atoms with Crippen LogP contribution in [-0.4, -0.2) is 12.0 Å². The monoisotopic (exact) mass is 348 g/mol. The maximum absolute atomic E-state index is 12.2. The molecule has 0 heterocycles. The first-order valence-corrected chi connectivity index (χ1v) is 7.38. The molecule has 0 unspecified atom stereocenters. The third kappa shape index (κ3) is 4.23. The van der Waals surface area contributed by atoms with Crippen LogP contribution in [0.15, 0.2) is 46.9 Å². The van der Waals surface area contributed by atoms with E-state index in [1.54, 1.807) is 36.4 Å². The van der Waals surface area contributed by atoms with Gasteiger partial charge in [-0.15, -0.1) is 0 Å². The summed E-state index contributed by atoms with van der Waals surface area (Å²) in [6, 6.07) is 12.3. The molecule has 3 N–H and O–H groups in total. The van der Waals surface area contributed by atoms with E-state index in [0.29, 0.717) is 16.9 Å². The van der Waals surface area contributed by atoms with Gasteiger partial charge in [-0.1, -0.05) is 15.9 Å². The highest BCUT2D eigenvalue weighted by Crippen LogP contribution is 2.24. The molecule has 0 bridgehead atoms. The van der Waals surface area contributed by atoms with Gasteiger partial charge < -0.3 is 15.8 Å². The van der Waals surface area contributed by atoms with Gasteiger partial charge in [0.25, 0.3) is 5.91 Å². The molecule has 0 aromatic heterocycles. The Kier molecular flexibility index (Phi) is 4.85. The number of carbonyl (C=O) groups is 1. The molecule has 2 rings (SSSR count). The van der Waals surface area contributed by atoms with Gasteiger partial charge in [-0.2, -0.15) is 0 Å². The first-order chi connectivity index (χ1) is 9.95. The van der Waals surface area contributed by atoms with Gasteiger partial charge in [0.15, 0.2) is 0 Å². The van der Waals surface area contributed by atoms with Gasteiger partial charge in [-0.25, -0.2) is 0 Å². The highest BCUT2D eigenvalue weighted by Gasteiger charge is 2.09. The number of halogens is 1. The van der Waals surface area contributed by atoms with E-state index < -0.39 is 0 Å². The number of nitrogens with one attached hydrogen (secondary N) is 1. The van der Waals surface area contributed by atoms with Crippen molar-refractivity contribution in [1.82, 2.24) is 0 Å². The summed E-state index contributed by atoms with van der Waals surface area (Å²) in [6.07, 6.45) is 0.104. The van der Waals surface area contributed by atoms with E-state index in [9.17, 15) is 4.79 Å².